The van der Waals surface area contributed by atoms with E-state index in [9.17, 15) is 0 Å². The van der Waals surface area contributed by atoms with Crippen LogP contribution in [0.25, 0.3) is 0 Å². The van der Waals surface area contributed by atoms with Crippen LogP contribution in [0.1, 0.15) is 26.7 Å². The summed E-state index contributed by atoms with van der Waals surface area (Å²) in [5, 5.41) is 7.07. The number of hydrogen-bond donors (Lipinski definition) is 2. The van der Waals surface area contributed by atoms with Crippen LogP contribution in [0.2, 0.25) is 0 Å². The summed E-state index contributed by atoms with van der Waals surface area (Å²) in [6.07, 6.45) is 2.86. The van der Waals surface area contributed by atoms with Gasteiger partial charge >= 0.3 is 0 Å². The zero-order valence-corrected chi connectivity index (χ0v) is 8.90. The third-order valence-electron chi connectivity index (χ3n) is 3.74. The molecule has 0 amide bonds. The standard InChI is InChI=1S/C11H22N2/c1-9-5-12-6-10(9)7-13-8-11(2)3-4-11/h9-10,12-13H,3-8H2,1-2H3. The molecule has 0 aromatic carbocycles. The van der Waals surface area contributed by atoms with Gasteiger partial charge in [0, 0.05) is 6.54 Å². The molecule has 2 N–H and O–H groups in total. The molecule has 1 aliphatic carbocycles. The van der Waals surface area contributed by atoms with E-state index in [0.29, 0.717) is 5.41 Å². The van der Waals surface area contributed by atoms with Crippen molar-refractivity contribution >= 4 is 0 Å². The minimum Gasteiger partial charge on any atom is -0.316 e. The Balaban J connectivity index is 1.62. The normalized spacial score (nSPS) is 36.5. The minimum absolute atomic E-state index is 0.662. The van der Waals surface area contributed by atoms with Gasteiger partial charge in [0.25, 0.3) is 0 Å². The van der Waals surface area contributed by atoms with E-state index in [-0.39, 0.29) is 0 Å². The van der Waals surface area contributed by atoms with Gasteiger partial charge in [-0.1, -0.05) is 13.8 Å². The zero-order valence-electron chi connectivity index (χ0n) is 8.90. The van der Waals surface area contributed by atoms with E-state index in [1.54, 1.807) is 0 Å². The first-order chi connectivity index (χ1) is 6.20. The van der Waals surface area contributed by atoms with Crippen molar-refractivity contribution < 1.29 is 0 Å². The van der Waals surface area contributed by atoms with Gasteiger partial charge in [-0.15, -0.1) is 0 Å². The Morgan fingerprint density at radius 2 is 2.15 bits per heavy atom. The zero-order chi connectivity index (χ0) is 9.31. The largest absolute Gasteiger partial charge is 0.316 e. The molecule has 0 bridgehead atoms. The Morgan fingerprint density at radius 1 is 1.38 bits per heavy atom. The Hall–Kier alpha value is -0.0800. The summed E-state index contributed by atoms with van der Waals surface area (Å²) < 4.78 is 0. The smallest absolute Gasteiger partial charge is 0.000529 e. The van der Waals surface area contributed by atoms with Crippen LogP contribution in [0.4, 0.5) is 0 Å². The van der Waals surface area contributed by atoms with E-state index in [4.69, 9.17) is 0 Å². The van der Waals surface area contributed by atoms with Gasteiger partial charge in [-0.3, -0.25) is 0 Å². The second-order valence-corrected chi connectivity index (χ2v) is 5.34. The quantitative estimate of drug-likeness (QED) is 0.683. The predicted octanol–water partition coefficient (Wildman–Crippen LogP) is 1.23. The lowest BCUT2D eigenvalue weighted by molar-refractivity contribution is 0.394. The molecule has 2 aliphatic rings. The molecule has 2 fully saturated rings. The molecule has 0 radical (unpaired) electrons. The number of rotatable bonds is 4. The highest BCUT2D eigenvalue weighted by molar-refractivity contribution is 4.91. The fourth-order valence-corrected chi connectivity index (χ4v) is 2.09. The number of nitrogens with one attached hydrogen (secondary N) is 2. The van der Waals surface area contributed by atoms with Gasteiger partial charge in [-0.2, -0.15) is 0 Å². The predicted molar refractivity (Wildman–Crippen MR) is 55.7 cm³/mol. The molecule has 1 heterocycles. The summed E-state index contributed by atoms with van der Waals surface area (Å²) >= 11 is 0. The lowest BCUT2D eigenvalue weighted by atomic mass is 9.98. The van der Waals surface area contributed by atoms with Crippen molar-refractivity contribution in [2.75, 3.05) is 26.2 Å². The summed E-state index contributed by atoms with van der Waals surface area (Å²) in [7, 11) is 0. The molecule has 2 atom stereocenters. The molecule has 2 nitrogen and oxygen atoms in total. The summed E-state index contributed by atoms with van der Waals surface area (Å²) in [5.74, 6) is 1.72. The molecule has 2 rings (SSSR count). The van der Waals surface area contributed by atoms with Gasteiger partial charge in [-0.25, -0.2) is 0 Å². The van der Waals surface area contributed by atoms with Gasteiger partial charge in [0.05, 0.1) is 0 Å². The second-order valence-electron chi connectivity index (χ2n) is 5.34. The third kappa shape index (κ3) is 2.44. The van der Waals surface area contributed by atoms with Crippen LogP contribution in [0.3, 0.4) is 0 Å². The van der Waals surface area contributed by atoms with Crippen molar-refractivity contribution in [1.82, 2.24) is 10.6 Å². The summed E-state index contributed by atoms with van der Waals surface area (Å²) in [6.45, 7) is 9.61. The molecule has 0 aromatic heterocycles. The molecule has 1 saturated heterocycles. The Labute approximate surface area is 81.5 Å². The van der Waals surface area contributed by atoms with Crippen molar-refractivity contribution in [1.29, 1.82) is 0 Å². The molecule has 1 saturated carbocycles. The van der Waals surface area contributed by atoms with Crippen molar-refractivity contribution in [2.45, 2.75) is 26.7 Å². The molecule has 2 heteroatoms. The second kappa shape index (κ2) is 3.58. The van der Waals surface area contributed by atoms with Gasteiger partial charge in [0.2, 0.25) is 0 Å². The highest BCUT2D eigenvalue weighted by atomic mass is 15.0. The molecule has 1 aliphatic heterocycles. The summed E-state index contributed by atoms with van der Waals surface area (Å²) in [4.78, 5) is 0. The molecule has 13 heavy (non-hydrogen) atoms. The first-order valence-electron chi connectivity index (χ1n) is 5.61. The number of hydrogen-bond acceptors (Lipinski definition) is 2. The molecule has 0 aromatic rings. The Bertz CT molecular complexity index is 175. The molecular weight excluding hydrogens is 160 g/mol. The third-order valence-corrected chi connectivity index (χ3v) is 3.74. The molecule has 0 spiro atoms. The summed E-state index contributed by atoms with van der Waals surface area (Å²) in [5.41, 5.74) is 0.662. The fourth-order valence-electron chi connectivity index (χ4n) is 2.09. The maximum Gasteiger partial charge on any atom is 0.000529 e. The first kappa shape index (κ1) is 9.47. The van der Waals surface area contributed by atoms with E-state index in [0.717, 1.165) is 11.8 Å². The Morgan fingerprint density at radius 3 is 2.69 bits per heavy atom. The van der Waals surface area contributed by atoms with Crippen molar-refractivity contribution in [3.8, 4) is 0 Å². The average molecular weight is 182 g/mol. The first-order valence-corrected chi connectivity index (χ1v) is 5.61. The van der Waals surface area contributed by atoms with Crippen LogP contribution in [0, 0.1) is 17.3 Å². The average Bonchev–Trinajstić information content (AvgIpc) is 2.68. The van der Waals surface area contributed by atoms with Crippen LogP contribution in [-0.2, 0) is 0 Å². The fraction of sp³-hybridized carbons (Fsp3) is 1.00. The van der Waals surface area contributed by atoms with Crippen LogP contribution in [0.15, 0.2) is 0 Å². The maximum atomic E-state index is 3.62. The van der Waals surface area contributed by atoms with E-state index in [1.807, 2.05) is 0 Å². The van der Waals surface area contributed by atoms with Crippen molar-refractivity contribution in [2.24, 2.45) is 17.3 Å². The van der Waals surface area contributed by atoms with Gasteiger partial charge in [0.15, 0.2) is 0 Å². The monoisotopic (exact) mass is 182 g/mol. The van der Waals surface area contributed by atoms with Gasteiger partial charge < -0.3 is 10.6 Å². The Kier molecular flexibility index (Phi) is 2.61. The van der Waals surface area contributed by atoms with Gasteiger partial charge in [-0.05, 0) is 49.7 Å². The minimum atomic E-state index is 0.662. The molecular formula is C11H22N2. The van der Waals surface area contributed by atoms with Crippen LogP contribution in [-0.4, -0.2) is 26.2 Å². The lowest BCUT2D eigenvalue weighted by Crippen LogP contribution is -2.30. The maximum absolute atomic E-state index is 3.62. The molecule has 76 valence electrons. The van der Waals surface area contributed by atoms with Crippen molar-refractivity contribution in [3.63, 3.8) is 0 Å². The topological polar surface area (TPSA) is 24.1 Å². The van der Waals surface area contributed by atoms with Crippen LogP contribution >= 0.6 is 0 Å². The lowest BCUT2D eigenvalue weighted by Gasteiger charge is -2.16. The van der Waals surface area contributed by atoms with E-state index < -0.39 is 0 Å². The SMILES string of the molecule is CC1CNCC1CNCC1(C)CC1. The van der Waals surface area contributed by atoms with E-state index in [1.165, 1.54) is 39.0 Å². The highest BCUT2D eigenvalue weighted by Gasteiger charge is 2.36. The van der Waals surface area contributed by atoms with Crippen molar-refractivity contribution in [3.05, 3.63) is 0 Å². The van der Waals surface area contributed by atoms with E-state index >= 15 is 0 Å². The van der Waals surface area contributed by atoms with Crippen LogP contribution in [0.5, 0.6) is 0 Å². The van der Waals surface area contributed by atoms with Crippen LogP contribution < -0.4 is 10.6 Å². The van der Waals surface area contributed by atoms with Gasteiger partial charge in [0.1, 0.15) is 0 Å². The highest BCUT2D eigenvalue weighted by Crippen LogP contribution is 2.44. The van der Waals surface area contributed by atoms with E-state index in [2.05, 4.69) is 24.5 Å². The summed E-state index contributed by atoms with van der Waals surface area (Å²) in [6, 6.07) is 0. The molecule has 2 unspecified atom stereocenters.